The smallest absolute Gasteiger partial charge is 0.128 e. The normalized spacial score (nSPS) is 21.7. The van der Waals surface area contributed by atoms with Gasteiger partial charge in [0.25, 0.3) is 0 Å². The van der Waals surface area contributed by atoms with Gasteiger partial charge in [0.15, 0.2) is 0 Å². The van der Waals surface area contributed by atoms with Crippen molar-refractivity contribution in [3.05, 3.63) is 23.9 Å². The zero-order valence-corrected chi connectivity index (χ0v) is 8.40. The maximum atomic E-state index is 8.66. The average Bonchev–Trinajstić information content (AvgIpc) is 2.14. The Bertz CT molecular complexity index is 405. The summed E-state index contributed by atoms with van der Waals surface area (Å²) in [7, 11) is 0. The van der Waals surface area contributed by atoms with E-state index in [1.54, 1.807) is 6.20 Å². The minimum Gasteiger partial charge on any atom is -0.355 e. The van der Waals surface area contributed by atoms with Crippen LogP contribution in [0.1, 0.15) is 5.56 Å². The highest BCUT2D eigenvalue weighted by atomic mass is 15.3. The Kier molecular flexibility index (Phi) is 1.70. The minimum atomic E-state index is 0.523. The number of nitrogens with one attached hydrogen (secondary N) is 1. The van der Waals surface area contributed by atoms with E-state index in [1.165, 1.54) is 0 Å². The molecular weight excluding hydrogens is 188 g/mol. The Morgan fingerprint density at radius 3 is 2.67 bits per heavy atom. The van der Waals surface area contributed by atoms with Gasteiger partial charge in [-0.15, -0.1) is 0 Å². The van der Waals surface area contributed by atoms with E-state index >= 15 is 0 Å². The molecule has 0 amide bonds. The molecule has 2 aliphatic heterocycles. The van der Waals surface area contributed by atoms with Gasteiger partial charge in [0, 0.05) is 37.8 Å². The number of anilines is 1. The summed E-state index contributed by atoms with van der Waals surface area (Å²) in [5.74, 6) is 0.992. The van der Waals surface area contributed by atoms with Gasteiger partial charge in [-0.1, -0.05) is 0 Å². The van der Waals surface area contributed by atoms with Crippen molar-refractivity contribution in [2.45, 2.75) is 0 Å². The standard InChI is InChI=1S/C11H12N4/c12-3-9-1-2-10(14-4-9)15-7-11(8-15)5-13-6-11/h1-2,4,13H,5-8H2. The van der Waals surface area contributed by atoms with E-state index < -0.39 is 0 Å². The number of nitriles is 1. The molecule has 1 spiro atoms. The Morgan fingerprint density at radius 1 is 1.40 bits per heavy atom. The second-order valence-electron chi connectivity index (χ2n) is 4.48. The fourth-order valence-electron chi connectivity index (χ4n) is 2.27. The van der Waals surface area contributed by atoms with Crippen molar-refractivity contribution in [3.63, 3.8) is 0 Å². The average molecular weight is 200 g/mol. The molecule has 1 N–H and O–H groups in total. The fraction of sp³-hybridized carbons (Fsp3) is 0.455. The van der Waals surface area contributed by atoms with Gasteiger partial charge in [-0.25, -0.2) is 4.98 Å². The molecule has 0 unspecified atom stereocenters. The molecule has 2 fully saturated rings. The second kappa shape index (κ2) is 2.94. The highest BCUT2D eigenvalue weighted by molar-refractivity contribution is 5.46. The van der Waals surface area contributed by atoms with Crippen LogP contribution in [-0.2, 0) is 0 Å². The first kappa shape index (κ1) is 8.69. The summed E-state index contributed by atoms with van der Waals surface area (Å²) in [5.41, 5.74) is 1.15. The summed E-state index contributed by atoms with van der Waals surface area (Å²) in [4.78, 5) is 6.54. The number of rotatable bonds is 1. The Hall–Kier alpha value is -1.60. The maximum Gasteiger partial charge on any atom is 0.128 e. The van der Waals surface area contributed by atoms with Crippen molar-refractivity contribution < 1.29 is 0 Å². The maximum absolute atomic E-state index is 8.66. The lowest BCUT2D eigenvalue weighted by molar-refractivity contribution is 0.120. The van der Waals surface area contributed by atoms with Gasteiger partial charge < -0.3 is 10.2 Å². The Labute approximate surface area is 88.5 Å². The molecule has 3 heterocycles. The molecule has 1 aromatic heterocycles. The molecule has 0 aliphatic carbocycles. The summed E-state index contributed by atoms with van der Waals surface area (Å²) in [6, 6.07) is 5.83. The number of hydrogen-bond acceptors (Lipinski definition) is 4. The molecule has 76 valence electrons. The zero-order valence-electron chi connectivity index (χ0n) is 8.40. The summed E-state index contributed by atoms with van der Waals surface area (Å²) in [6.45, 7) is 4.47. The molecular formula is C11H12N4. The molecule has 0 aromatic carbocycles. The molecule has 0 saturated carbocycles. The van der Waals surface area contributed by atoms with Gasteiger partial charge >= 0.3 is 0 Å². The third-order valence-corrected chi connectivity index (χ3v) is 3.25. The van der Waals surface area contributed by atoms with E-state index in [4.69, 9.17) is 5.26 Å². The largest absolute Gasteiger partial charge is 0.355 e. The van der Waals surface area contributed by atoms with Gasteiger partial charge in [-0.3, -0.25) is 0 Å². The number of hydrogen-bond donors (Lipinski definition) is 1. The van der Waals surface area contributed by atoms with Crippen LogP contribution in [0.5, 0.6) is 0 Å². The molecule has 0 bridgehead atoms. The molecule has 0 atom stereocenters. The monoisotopic (exact) mass is 200 g/mol. The van der Waals surface area contributed by atoms with E-state index in [0.717, 1.165) is 32.0 Å². The highest BCUT2D eigenvalue weighted by Crippen LogP contribution is 2.36. The van der Waals surface area contributed by atoms with Crippen LogP contribution in [0.4, 0.5) is 5.82 Å². The molecule has 2 saturated heterocycles. The molecule has 4 nitrogen and oxygen atoms in total. The van der Waals surface area contributed by atoms with Crippen LogP contribution in [0.3, 0.4) is 0 Å². The number of nitrogens with zero attached hydrogens (tertiary/aromatic N) is 3. The van der Waals surface area contributed by atoms with Crippen LogP contribution in [-0.4, -0.2) is 31.2 Å². The molecule has 1 aromatic rings. The summed E-state index contributed by atoms with van der Waals surface area (Å²) < 4.78 is 0. The lowest BCUT2D eigenvalue weighted by Gasteiger charge is -2.56. The Balaban J connectivity index is 1.70. The summed E-state index contributed by atoms with van der Waals surface area (Å²) in [6.07, 6.45) is 1.64. The molecule has 3 rings (SSSR count). The second-order valence-corrected chi connectivity index (χ2v) is 4.48. The van der Waals surface area contributed by atoms with Crippen LogP contribution in [0.15, 0.2) is 18.3 Å². The SMILES string of the molecule is N#Cc1ccc(N2CC3(CNC3)C2)nc1. The molecule has 15 heavy (non-hydrogen) atoms. The van der Waals surface area contributed by atoms with Crippen LogP contribution >= 0.6 is 0 Å². The van der Waals surface area contributed by atoms with Gasteiger partial charge in [0.05, 0.1) is 5.56 Å². The lowest BCUT2D eigenvalue weighted by Crippen LogP contribution is -2.71. The first-order chi connectivity index (χ1) is 7.31. The zero-order chi connectivity index (χ0) is 10.3. The molecule has 2 aliphatic rings. The fourth-order valence-corrected chi connectivity index (χ4v) is 2.27. The number of aromatic nitrogens is 1. The number of pyridine rings is 1. The third-order valence-electron chi connectivity index (χ3n) is 3.25. The van der Waals surface area contributed by atoms with E-state index in [-0.39, 0.29) is 0 Å². The third kappa shape index (κ3) is 1.28. The van der Waals surface area contributed by atoms with E-state index in [2.05, 4.69) is 21.3 Å². The van der Waals surface area contributed by atoms with Crippen LogP contribution < -0.4 is 10.2 Å². The van der Waals surface area contributed by atoms with E-state index in [9.17, 15) is 0 Å². The van der Waals surface area contributed by atoms with Gasteiger partial charge in [-0.2, -0.15) is 5.26 Å². The van der Waals surface area contributed by atoms with Gasteiger partial charge in [-0.05, 0) is 12.1 Å². The minimum absolute atomic E-state index is 0.523. The van der Waals surface area contributed by atoms with Crippen LogP contribution in [0.25, 0.3) is 0 Å². The quantitative estimate of drug-likeness (QED) is 0.711. The Morgan fingerprint density at radius 2 is 2.20 bits per heavy atom. The topological polar surface area (TPSA) is 52.0 Å². The summed E-state index contributed by atoms with van der Waals surface area (Å²) in [5, 5.41) is 12.0. The van der Waals surface area contributed by atoms with Crippen LogP contribution in [0, 0.1) is 16.7 Å². The first-order valence-electron chi connectivity index (χ1n) is 5.13. The van der Waals surface area contributed by atoms with Crippen molar-refractivity contribution >= 4 is 5.82 Å². The van der Waals surface area contributed by atoms with Crippen molar-refractivity contribution in [2.75, 3.05) is 31.1 Å². The van der Waals surface area contributed by atoms with Crippen molar-refractivity contribution in [1.29, 1.82) is 5.26 Å². The summed E-state index contributed by atoms with van der Waals surface area (Å²) >= 11 is 0. The van der Waals surface area contributed by atoms with Crippen molar-refractivity contribution in [1.82, 2.24) is 10.3 Å². The van der Waals surface area contributed by atoms with E-state index in [0.29, 0.717) is 11.0 Å². The first-order valence-corrected chi connectivity index (χ1v) is 5.13. The van der Waals surface area contributed by atoms with Crippen molar-refractivity contribution in [2.24, 2.45) is 5.41 Å². The highest BCUT2D eigenvalue weighted by Gasteiger charge is 2.47. The predicted octanol–water partition coefficient (Wildman–Crippen LogP) is 0.363. The predicted molar refractivity (Wildman–Crippen MR) is 56.5 cm³/mol. The molecule has 4 heteroatoms. The van der Waals surface area contributed by atoms with Gasteiger partial charge in [0.2, 0.25) is 0 Å². The van der Waals surface area contributed by atoms with Gasteiger partial charge in [0.1, 0.15) is 11.9 Å². The van der Waals surface area contributed by atoms with Crippen molar-refractivity contribution in [3.8, 4) is 6.07 Å². The molecule has 0 radical (unpaired) electrons. The lowest BCUT2D eigenvalue weighted by atomic mass is 9.74. The van der Waals surface area contributed by atoms with E-state index in [1.807, 2.05) is 12.1 Å². The van der Waals surface area contributed by atoms with Crippen LogP contribution in [0.2, 0.25) is 0 Å².